The van der Waals surface area contributed by atoms with Crippen molar-refractivity contribution in [3.05, 3.63) is 64.1 Å². The Labute approximate surface area is 174 Å². The Morgan fingerprint density at radius 2 is 1.78 bits per heavy atom. The smallest absolute Gasteiger partial charge is 0.242 e. The number of halogens is 2. The molecule has 2 aromatic rings. The molecule has 0 aliphatic heterocycles. The minimum atomic E-state index is -0.584. The van der Waals surface area contributed by atoms with Crippen molar-refractivity contribution >= 4 is 46.8 Å². The zero-order valence-electron chi connectivity index (χ0n) is 15.2. The van der Waals surface area contributed by atoms with Crippen molar-refractivity contribution < 1.29 is 9.59 Å². The predicted octanol–water partition coefficient (Wildman–Crippen LogP) is 4.64. The van der Waals surface area contributed by atoms with Crippen LogP contribution in [0.25, 0.3) is 0 Å². The quantitative estimate of drug-likeness (QED) is 0.627. The van der Waals surface area contributed by atoms with Crippen molar-refractivity contribution in [1.29, 1.82) is 0 Å². The van der Waals surface area contributed by atoms with Gasteiger partial charge in [-0.15, -0.1) is 11.8 Å². The second-order valence-electron chi connectivity index (χ2n) is 5.96. The molecule has 0 saturated carbocycles. The van der Waals surface area contributed by atoms with Crippen LogP contribution in [0.2, 0.25) is 10.0 Å². The highest BCUT2D eigenvalue weighted by Crippen LogP contribution is 2.23. The Balaban J connectivity index is 2.04. The second kappa shape index (κ2) is 10.6. The zero-order chi connectivity index (χ0) is 19.8. The van der Waals surface area contributed by atoms with E-state index in [9.17, 15) is 9.59 Å². The van der Waals surface area contributed by atoms with E-state index in [4.69, 9.17) is 23.2 Å². The molecule has 4 nitrogen and oxygen atoms in total. The monoisotopic (exact) mass is 424 g/mol. The van der Waals surface area contributed by atoms with Gasteiger partial charge in [0.05, 0.1) is 0 Å². The maximum Gasteiger partial charge on any atom is 0.242 e. The van der Waals surface area contributed by atoms with Gasteiger partial charge in [0, 0.05) is 40.7 Å². The molecule has 1 atom stereocenters. The SMILES string of the molecule is CNC(=O)C(C)N(Cc1ccccc1Cl)C(=O)CCSc1ccc(Cl)cc1. The molecule has 0 heterocycles. The Bertz CT molecular complexity index is 784. The number of thioether (sulfide) groups is 1. The minimum Gasteiger partial charge on any atom is -0.357 e. The van der Waals surface area contributed by atoms with E-state index >= 15 is 0 Å². The zero-order valence-corrected chi connectivity index (χ0v) is 17.6. The number of amides is 2. The highest BCUT2D eigenvalue weighted by atomic mass is 35.5. The van der Waals surface area contributed by atoms with Crippen LogP contribution in [0.1, 0.15) is 18.9 Å². The summed E-state index contributed by atoms with van der Waals surface area (Å²) < 4.78 is 0. The molecule has 0 aliphatic rings. The van der Waals surface area contributed by atoms with Gasteiger partial charge >= 0.3 is 0 Å². The molecule has 7 heteroatoms. The number of carbonyl (C=O) groups excluding carboxylic acids is 2. The van der Waals surface area contributed by atoms with Crippen LogP contribution in [0.15, 0.2) is 53.4 Å². The molecule has 2 rings (SSSR count). The Kier molecular flexibility index (Phi) is 8.48. The second-order valence-corrected chi connectivity index (χ2v) is 7.97. The predicted molar refractivity (Wildman–Crippen MR) is 112 cm³/mol. The molecule has 1 unspecified atom stereocenters. The summed E-state index contributed by atoms with van der Waals surface area (Å²) in [6.07, 6.45) is 0.319. The maximum absolute atomic E-state index is 12.8. The van der Waals surface area contributed by atoms with Crippen LogP contribution in [0.3, 0.4) is 0 Å². The van der Waals surface area contributed by atoms with E-state index in [2.05, 4.69) is 5.32 Å². The van der Waals surface area contributed by atoms with Gasteiger partial charge in [0.2, 0.25) is 11.8 Å². The number of carbonyl (C=O) groups is 2. The van der Waals surface area contributed by atoms with Gasteiger partial charge in [-0.05, 0) is 42.8 Å². The van der Waals surface area contributed by atoms with Crippen LogP contribution in [0, 0.1) is 0 Å². The molecule has 0 radical (unpaired) electrons. The number of likely N-dealkylation sites (N-methyl/N-ethyl adjacent to an activating group) is 1. The molecule has 0 saturated heterocycles. The van der Waals surface area contributed by atoms with Crippen LogP contribution in [-0.2, 0) is 16.1 Å². The Morgan fingerprint density at radius 3 is 2.41 bits per heavy atom. The summed E-state index contributed by atoms with van der Waals surface area (Å²) in [5.74, 6) is 0.313. The number of rotatable bonds is 8. The maximum atomic E-state index is 12.8. The van der Waals surface area contributed by atoms with Gasteiger partial charge in [0.1, 0.15) is 6.04 Å². The van der Waals surface area contributed by atoms with E-state index in [1.165, 1.54) is 0 Å². The molecule has 0 bridgehead atoms. The first kappa shape index (κ1) is 21.6. The van der Waals surface area contributed by atoms with Gasteiger partial charge in [0.15, 0.2) is 0 Å². The van der Waals surface area contributed by atoms with Gasteiger partial charge < -0.3 is 10.2 Å². The number of nitrogens with one attached hydrogen (secondary N) is 1. The van der Waals surface area contributed by atoms with Crippen LogP contribution in [0.5, 0.6) is 0 Å². The van der Waals surface area contributed by atoms with E-state index in [1.807, 2.05) is 42.5 Å². The lowest BCUT2D eigenvalue weighted by molar-refractivity contribution is -0.140. The third kappa shape index (κ3) is 6.45. The molecule has 2 aromatic carbocycles. The van der Waals surface area contributed by atoms with Gasteiger partial charge in [-0.25, -0.2) is 0 Å². The fourth-order valence-electron chi connectivity index (χ4n) is 2.53. The Morgan fingerprint density at radius 1 is 1.11 bits per heavy atom. The summed E-state index contributed by atoms with van der Waals surface area (Å²) in [7, 11) is 1.56. The average Bonchev–Trinajstić information content (AvgIpc) is 2.67. The third-order valence-electron chi connectivity index (χ3n) is 4.11. The first-order valence-electron chi connectivity index (χ1n) is 8.55. The molecule has 27 heavy (non-hydrogen) atoms. The molecule has 144 valence electrons. The van der Waals surface area contributed by atoms with E-state index < -0.39 is 6.04 Å². The van der Waals surface area contributed by atoms with Gasteiger partial charge in [-0.1, -0.05) is 41.4 Å². The first-order valence-corrected chi connectivity index (χ1v) is 10.3. The summed E-state index contributed by atoms with van der Waals surface area (Å²) >= 11 is 13.7. The van der Waals surface area contributed by atoms with Crippen molar-refractivity contribution in [3.8, 4) is 0 Å². The highest BCUT2D eigenvalue weighted by molar-refractivity contribution is 7.99. The van der Waals surface area contributed by atoms with Crippen LogP contribution in [-0.4, -0.2) is 35.6 Å². The fraction of sp³-hybridized carbons (Fsp3) is 0.300. The minimum absolute atomic E-state index is 0.0903. The van der Waals surface area contributed by atoms with Crippen molar-refractivity contribution in [3.63, 3.8) is 0 Å². The standard InChI is InChI=1S/C20H22Cl2N2O2S/c1-14(20(26)23-2)24(13-15-5-3-4-6-18(15)22)19(25)11-12-27-17-9-7-16(21)8-10-17/h3-10,14H,11-13H2,1-2H3,(H,23,26). The first-order chi connectivity index (χ1) is 12.9. The largest absolute Gasteiger partial charge is 0.357 e. The molecular weight excluding hydrogens is 403 g/mol. The summed E-state index contributed by atoms with van der Waals surface area (Å²) in [6.45, 7) is 2.01. The molecule has 0 spiro atoms. The van der Waals surface area contributed by atoms with Gasteiger partial charge in [0.25, 0.3) is 0 Å². The van der Waals surface area contributed by atoms with E-state index in [0.717, 1.165) is 10.5 Å². The molecule has 0 aliphatic carbocycles. The Hall–Kier alpha value is -1.69. The fourth-order valence-corrected chi connectivity index (χ4v) is 3.69. The van der Waals surface area contributed by atoms with Crippen molar-refractivity contribution in [2.24, 2.45) is 0 Å². The van der Waals surface area contributed by atoms with Crippen LogP contribution >= 0.6 is 35.0 Å². The van der Waals surface area contributed by atoms with E-state index in [0.29, 0.717) is 28.8 Å². The lowest BCUT2D eigenvalue weighted by atomic mass is 10.1. The molecular formula is C20H22Cl2N2O2S. The van der Waals surface area contributed by atoms with Gasteiger partial charge in [-0.3, -0.25) is 9.59 Å². The number of nitrogens with zero attached hydrogens (tertiary/aromatic N) is 1. The molecule has 2 amide bonds. The normalized spacial score (nSPS) is 11.7. The number of hydrogen-bond donors (Lipinski definition) is 1. The molecule has 1 N–H and O–H groups in total. The summed E-state index contributed by atoms with van der Waals surface area (Å²) in [5.41, 5.74) is 0.814. The van der Waals surface area contributed by atoms with E-state index in [-0.39, 0.29) is 11.8 Å². The molecule has 0 fully saturated rings. The van der Waals surface area contributed by atoms with Crippen LogP contribution in [0.4, 0.5) is 0 Å². The van der Waals surface area contributed by atoms with Crippen LogP contribution < -0.4 is 5.32 Å². The summed E-state index contributed by atoms with van der Waals surface area (Å²) in [4.78, 5) is 27.6. The average molecular weight is 425 g/mol. The highest BCUT2D eigenvalue weighted by Gasteiger charge is 2.25. The lowest BCUT2D eigenvalue weighted by Gasteiger charge is -2.28. The van der Waals surface area contributed by atoms with Crippen molar-refractivity contribution in [1.82, 2.24) is 10.2 Å². The number of benzene rings is 2. The van der Waals surface area contributed by atoms with Gasteiger partial charge in [-0.2, -0.15) is 0 Å². The summed E-state index contributed by atoms with van der Waals surface area (Å²) in [5, 5.41) is 3.86. The molecule has 0 aromatic heterocycles. The van der Waals surface area contributed by atoms with Crippen molar-refractivity contribution in [2.75, 3.05) is 12.8 Å². The number of hydrogen-bond acceptors (Lipinski definition) is 3. The van der Waals surface area contributed by atoms with Crippen molar-refractivity contribution in [2.45, 2.75) is 30.8 Å². The topological polar surface area (TPSA) is 49.4 Å². The summed E-state index contributed by atoms with van der Waals surface area (Å²) in [6, 6.07) is 14.2. The lowest BCUT2D eigenvalue weighted by Crippen LogP contribution is -2.46. The third-order valence-corrected chi connectivity index (χ3v) is 5.74. The van der Waals surface area contributed by atoms with E-state index in [1.54, 1.807) is 36.7 Å².